The third-order valence-electron chi connectivity index (χ3n) is 3.32. The van der Waals surface area contributed by atoms with Crippen LogP contribution in [0, 0.1) is 0 Å². The molecular weight excluding hydrogens is 321 g/mol. The molecule has 0 spiro atoms. The molecule has 0 radical (unpaired) electrons. The van der Waals surface area contributed by atoms with E-state index in [9.17, 15) is 0 Å². The minimum atomic E-state index is 0.0818. The summed E-state index contributed by atoms with van der Waals surface area (Å²) in [6.45, 7) is 3.10. The Kier molecular flexibility index (Phi) is 6.43. The van der Waals surface area contributed by atoms with E-state index in [1.807, 2.05) is 12.1 Å². The summed E-state index contributed by atoms with van der Waals surface area (Å²) < 4.78 is 0. The molecule has 2 aromatic rings. The van der Waals surface area contributed by atoms with Gasteiger partial charge in [0.15, 0.2) is 0 Å². The average molecular weight is 340 g/mol. The van der Waals surface area contributed by atoms with Gasteiger partial charge in [0.25, 0.3) is 0 Å². The van der Waals surface area contributed by atoms with Crippen LogP contribution in [0.25, 0.3) is 0 Å². The maximum atomic E-state index is 6.42. The molecule has 0 fully saturated rings. The second-order valence-corrected chi connectivity index (χ2v) is 6.49. The van der Waals surface area contributed by atoms with Crippen molar-refractivity contribution in [3.8, 4) is 0 Å². The molecule has 21 heavy (non-hydrogen) atoms. The van der Waals surface area contributed by atoms with Crippen LogP contribution in [0.1, 0.15) is 30.5 Å². The Morgan fingerprint density at radius 1 is 1.10 bits per heavy atom. The van der Waals surface area contributed by atoms with E-state index in [0.717, 1.165) is 18.5 Å². The maximum Gasteiger partial charge on any atom is 0.0602 e. The predicted octanol–water partition coefficient (Wildman–Crippen LogP) is 5.80. The smallest absolute Gasteiger partial charge is 0.0602 e. The van der Waals surface area contributed by atoms with Crippen molar-refractivity contribution in [1.82, 2.24) is 5.32 Å². The molecule has 4 heteroatoms. The molecule has 1 N–H and O–H groups in total. The molecule has 0 saturated heterocycles. The number of hydrogen-bond acceptors (Lipinski definition) is 2. The van der Waals surface area contributed by atoms with Crippen molar-refractivity contribution < 1.29 is 0 Å². The summed E-state index contributed by atoms with van der Waals surface area (Å²) in [5, 5.41) is 4.96. The lowest BCUT2D eigenvalue weighted by atomic mass is 9.98. The summed E-state index contributed by atoms with van der Waals surface area (Å²) in [5.74, 6) is 0. The molecule has 0 bridgehead atoms. The van der Waals surface area contributed by atoms with E-state index < -0.39 is 0 Å². The molecule has 2 aromatic carbocycles. The lowest BCUT2D eigenvalue weighted by Crippen LogP contribution is -2.24. The highest BCUT2D eigenvalue weighted by Gasteiger charge is 2.19. The van der Waals surface area contributed by atoms with Gasteiger partial charge in [-0.25, -0.2) is 0 Å². The van der Waals surface area contributed by atoms with Crippen LogP contribution < -0.4 is 5.32 Å². The predicted molar refractivity (Wildman–Crippen MR) is 94.8 cm³/mol. The van der Waals surface area contributed by atoms with Crippen LogP contribution in [0.2, 0.25) is 10.0 Å². The van der Waals surface area contributed by atoms with Crippen LogP contribution >= 0.6 is 35.0 Å². The van der Waals surface area contributed by atoms with Gasteiger partial charge in [-0.2, -0.15) is 0 Å². The van der Waals surface area contributed by atoms with Gasteiger partial charge in [-0.1, -0.05) is 54.4 Å². The number of halogens is 2. The largest absolute Gasteiger partial charge is 0.306 e. The SMILES string of the molecule is CCCNC(c1ccc(Cl)cc1Cl)c1ccccc1SC. The third-order valence-corrected chi connectivity index (χ3v) is 4.70. The van der Waals surface area contributed by atoms with Gasteiger partial charge in [0.2, 0.25) is 0 Å². The van der Waals surface area contributed by atoms with Crippen molar-refractivity contribution in [3.05, 3.63) is 63.6 Å². The Balaban J connectivity index is 2.47. The van der Waals surface area contributed by atoms with E-state index in [-0.39, 0.29) is 6.04 Å². The molecule has 2 rings (SSSR count). The first-order chi connectivity index (χ1) is 10.2. The van der Waals surface area contributed by atoms with E-state index in [1.54, 1.807) is 17.8 Å². The highest BCUT2D eigenvalue weighted by atomic mass is 35.5. The Hall–Kier alpha value is -0.670. The molecule has 0 aliphatic carbocycles. The van der Waals surface area contributed by atoms with Crippen molar-refractivity contribution in [2.75, 3.05) is 12.8 Å². The van der Waals surface area contributed by atoms with E-state index in [0.29, 0.717) is 10.0 Å². The quantitative estimate of drug-likeness (QED) is 0.667. The first kappa shape index (κ1) is 16.7. The van der Waals surface area contributed by atoms with Crippen molar-refractivity contribution in [2.45, 2.75) is 24.3 Å². The summed E-state index contributed by atoms with van der Waals surface area (Å²) in [6, 6.07) is 14.2. The number of rotatable bonds is 6. The molecule has 112 valence electrons. The fourth-order valence-electron chi connectivity index (χ4n) is 2.32. The van der Waals surface area contributed by atoms with Crippen LogP contribution in [0.5, 0.6) is 0 Å². The van der Waals surface area contributed by atoms with Gasteiger partial charge >= 0.3 is 0 Å². The fourth-order valence-corrected chi connectivity index (χ4v) is 3.47. The monoisotopic (exact) mass is 339 g/mol. The summed E-state index contributed by atoms with van der Waals surface area (Å²) in [6.07, 6.45) is 3.17. The minimum Gasteiger partial charge on any atom is -0.306 e. The van der Waals surface area contributed by atoms with E-state index in [2.05, 4.69) is 42.8 Å². The zero-order valence-electron chi connectivity index (χ0n) is 12.2. The number of benzene rings is 2. The van der Waals surface area contributed by atoms with Crippen molar-refractivity contribution in [2.24, 2.45) is 0 Å². The van der Waals surface area contributed by atoms with Crippen LogP contribution in [0.4, 0.5) is 0 Å². The zero-order chi connectivity index (χ0) is 15.2. The van der Waals surface area contributed by atoms with Crippen molar-refractivity contribution in [3.63, 3.8) is 0 Å². The number of thioether (sulfide) groups is 1. The van der Waals surface area contributed by atoms with E-state index in [1.165, 1.54) is 10.5 Å². The topological polar surface area (TPSA) is 12.0 Å². The molecule has 0 aromatic heterocycles. The molecule has 0 aliphatic heterocycles. The normalized spacial score (nSPS) is 12.4. The van der Waals surface area contributed by atoms with Gasteiger partial charge in [-0.15, -0.1) is 11.8 Å². The van der Waals surface area contributed by atoms with Crippen LogP contribution in [-0.4, -0.2) is 12.8 Å². The van der Waals surface area contributed by atoms with Crippen molar-refractivity contribution in [1.29, 1.82) is 0 Å². The molecule has 0 aliphatic rings. The van der Waals surface area contributed by atoms with E-state index in [4.69, 9.17) is 23.2 Å². The lowest BCUT2D eigenvalue weighted by molar-refractivity contribution is 0.592. The fraction of sp³-hybridized carbons (Fsp3) is 0.294. The summed E-state index contributed by atoms with van der Waals surface area (Å²) in [4.78, 5) is 1.26. The van der Waals surface area contributed by atoms with Gasteiger partial charge < -0.3 is 5.32 Å². The van der Waals surface area contributed by atoms with Gasteiger partial charge in [-0.3, -0.25) is 0 Å². The van der Waals surface area contributed by atoms with Gasteiger partial charge in [-0.05, 0) is 48.5 Å². The highest BCUT2D eigenvalue weighted by Crippen LogP contribution is 2.34. The van der Waals surface area contributed by atoms with Crippen LogP contribution in [0.15, 0.2) is 47.4 Å². The standard InChI is InChI=1S/C17H19Cl2NS/c1-3-10-20-17(13-9-8-12(18)11-15(13)19)14-6-4-5-7-16(14)21-2/h4-9,11,17,20H,3,10H2,1-2H3. The molecule has 1 unspecified atom stereocenters. The molecule has 0 amide bonds. The minimum absolute atomic E-state index is 0.0818. The third kappa shape index (κ3) is 4.17. The average Bonchev–Trinajstić information content (AvgIpc) is 2.49. The summed E-state index contributed by atoms with van der Waals surface area (Å²) >= 11 is 14.2. The number of hydrogen-bond donors (Lipinski definition) is 1. The Morgan fingerprint density at radius 2 is 1.86 bits per heavy atom. The van der Waals surface area contributed by atoms with Gasteiger partial charge in [0, 0.05) is 14.9 Å². The summed E-state index contributed by atoms with van der Waals surface area (Å²) in [5.41, 5.74) is 2.32. The Labute approximate surface area is 141 Å². The lowest BCUT2D eigenvalue weighted by Gasteiger charge is -2.23. The van der Waals surface area contributed by atoms with Crippen LogP contribution in [0.3, 0.4) is 0 Å². The Morgan fingerprint density at radius 3 is 2.52 bits per heavy atom. The van der Waals surface area contributed by atoms with E-state index >= 15 is 0 Å². The molecule has 1 nitrogen and oxygen atoms in total. The summed E-state index contributed by atoms with van der Waals surface area (Å²) in [7, 11) is 0. The molecule has 1 atom stereocenters. The second kappa shape index (κ2) is 8.09. The Bertz CT molecular complexity index is 601. The van der Waals surface area contributed by atoms with Crippen LogP contribution in [-0.2, 0) is 0 Å². The second-order valence-electron chi connectivity index (χ2n) is 4.79. The maximum absolute atomic E-state index is 6.42. The highest BCUT2D eigenvalue weighted by molar-refractivity contribution is 7.98. The van der Waals surface area contributed by atoms with Gasteiger partial charge in [0.1, 0.15) is 0 Å². The van der Waals surface area contributed by atoms with Gasteiger partial charge in [0.05, 0.1) is 6.04 Å². The molecular formula is C17H19Cl2NS. The first-order valence-corrected chi connectivity index (χ1v) is 8.96. The first-order valence-electron chi connectivity index (χ1n) is 6.98. The number of nitrogens with one attached hydrogen (secondary N) is 1. The molecule has 0 heterocycles. The molecule has 0 saturated carbocycles. The van der Waals surface area contributed by atoms with Crippen molar-refractivity contribution >= 4 is 35.0 Å². The zero-order valence-corrected chi connectivity index (χ0v) is 14.5.